The molecule has 138 valence electrons. The van der Waals surface area contributed by atoms with Gasteiger partial charge in [0.2, 0.25) is 0 Å². The summed E-state index contributed by atoms with van der Waals surface area (Å²) in [6, 6.07) is 12.5. The van der Waals surface area contributed by atoms with Crippen LogP contribution >= 0.6 is 23.2 Å². The van der Waals surface area contributed by atoms with Crippen molar-refractivity contribution in [1.29, 1.82) is 0 Å². The molecular weight excluding hydrogens is 383 g/mol. The summed E-state index contributed by atoms with van der Waals surface area (Å²) in [6.45, 7) is 3.54. The zero-order valence-electron chi connectivity index (χ0n) is 14.8. The Bertz CT molecular complexity index is 961. The van der Waals surface area contributed by atoms with Gasteiger partial charge in [0.1, 0.15) is 5.70 Å². The molecule has 4 rings (SSSR count). The first kappa shape index (κ1) is 18.1. The Morgan fingerprint density at radius 1 is 0.852 bits per heavy atom. The number of nitrogens with zero attached hydrogens (tertiary/aromatic N) is 2. The van der Waals surface area contributed by atoms with E-state index in [0.29, 0.717) is 27.0 Å². The van der Waals surface area contributed by atoms with E-state index in [2.05, 4.69) is 0 Å². The zero-order valence-corrected chi connectivity index (χ0v) is 16.3. The summed E-state index contributed by atoms with van der Waals surface area (Å²) >= 11 is 12.1. The first-order valence-corrected chi connectivity index (χ1v) is 9.63. The number of anilines is 1. The minimum Gasteiger partial charge on any atom is -0.366 e. The van der Waals surface area contributed by atoms with Gasteiger partial charge in [-0.1, -0.05) is 53.0 Å². The molecule has 27 heavy (non-hydrogen) atoms. The number of aryl methyl sites for hydroxylation is 1. The van der Waals surface area contributed by atoms with Gasteiger partial charge in [0.25, 0.3) is 11.8 Å². The number of carbonyl (C=O) groups is 2. The first-order chi connectivity index (χ1) is 13.0. The minimum atomic E-state index is -0.329. The molecule has 2 aliphatic heterocycles. The third-order valence-corrected chi connectivity index (χ3v) is 5.72. The number of hydrogen-bond donors (Lipinski definition) is 0. The van der Waals surface area contributed by atoms with Crippen LogP contribution in [0.15, 0.2) is 48.2 Å². The molecule has 2 aromatic rings. The molecule has 0 aromatic heterocycles. The predicted octanol–water partition coefficient (Wildman–Crippen LogP) is 4.68. The Hall–Kier alpha value is -2.30. The molecule has 2 amide bonds. The number of halogens is 2. The molecule has 0 radical (unpaired) electrons. The number of likely N-dealkylation sites (tertiary alicyclic amines) is 1. The highest BCUT2D eigenvalue weighted by Gasteiger charge is 2.43. The van der Waals surface area contributed by atoms with E-state index in [1.807, 2.05) is 36.1 Å². The summed E-state index contributed by atoms with van der Waals surface area (Å²) in [4.78, 5) is 29.8. The average Bonchev–Trinajstić information content (AvgIpc) is 3.25. The standard InChI is InChI=1S/C21H18Cl2N2O2/c1-13-4-6-14(7-5-13)18-19(24-10-2-3-11-24)21(27)25(20(18)26)15-8-9-16(22)17(23)12-15/h4-9,12H,2-3,10-11H2,1H3. The highest BCUT2D eigenvalue weighted by Crippen LogP contribution is 2.37. The van der Waals surface area contributed by atoms with Gasteiger partial charge in [-0.2, -0.15) is 0 Å². The normalized spacial score (nSPS) is 17.4. The van der Waals surface area contributed by atoms with Crippen LogP contribution < -0.4 is 4.90 Å². The third-order valence-electron chi connectivity index (χ3n) is 4.98. The van der Waals surface area contributed by atoms with E-state index in [9.17, 15) is 9.59 Å². The van der Waals surface area contributed by atoms with Crippen LogP contribution in [0.4, 0.5) is 5.69 Å². The van der Waals surface area contributed by atoms with Crippen LogP contribution in [0.3, 0.4) is 0 Å². The molecule has 6 heteroatoms. The van der Waals surface area contributed by atoms with E-state index in [-0.39, 0.29) is 11.8 Å². The van der Waals surface area contributed by atoms with E-state index < -0.39 is 0 Å². The van der Waals surface area contributed by atoms with Crippen LogP contribution in [-0.2, 0) is 9.59 Å². The Balaban J connectivity index is 1.83. The lowest BCUT2D eigenvalue weighted by Gasteiger charge is -2.20. The van der Waals surface area contributed by atoms with Crippen molar-refractivity contribution in [2.24, 2.45) is 0 Å². The molecule has 2 aromatic carbocycles. The number of imide groups is 1. The second-order valence-corrected chi connectivity index (χ2v) is 7.64. The molecule has 0 aliphatic carbocycles. The maximum atomic E-state index is 13.3. The van der Waals surface area contributed by atoms with Crippen molar-refractivity contribution in [3.05, 3.63) is 69.3 Å². The molecule has 2 heterocycles. The SMILES string of the molecule is Cc1ccc(C2=C(N3CCCC3)C(=O)N(c3ccc(Cl)c(Cl)c3)C2=O)cc1. The molecule has 0 spiro atoms. The van der Waals surface area contributed by atoms with Crippen molar-refractivity contribution < 1.29 is 9.59 Å². The highest BCUT2D eigenvalue weighted by molar-refractivity contribution is 6.46. The summed E-state index contributed by atoms with van der Waals surface area (Å²) in [6.07, 6.45) is 2.03. The zero-order chi connectivity index (χ0) is 19.1. The van der Waals surface area contributed by atoms with Crippen molar-refractivity contribution in [3.8, 4) is 0 Å². The van der Waals surface area contributed by atoms with Crippen molar-refractivity contribution in [1.82, 2.24) is 4.90 Å². The van der Waals surface area contributed by atoms with Crippen LogP contribution in [0.1, 0.15) is 24.0 Å². The van der Waals surface area contributed by atoms with E-state index >= 15 is 0 Å². The Kier molecular flexibility index (Phi) is 4.70. The fourth-order valence-corrected chi connectivity index (χ4v) is 3.88. The van der Waals surface area contributed by atoms with E-state index in [0.717, 1.165) is 37.1 Å². The number of carbonyl (C=O) groups excluding carboxylic acids is 2. The van der Waals surface area contributed by atoms with E-state index in [1.165, 1.54) is 4.90 Å². The van der Waals surface area contributed by atoms with Crippen LogP contribution in [0, 0.1) is 6.92 Å². The van der Waals surface area contributed by atoms with Gasteiger partial charge in [0.05, 0.1) is 21.3 Å². The van der Waals surface area contributed by atoms with Crippen LogP contribution in [-0.4, -0.2) is 29.8 Å². The number of amides is 2. The topological polar surface area (TPSA) is 40.6 Å². The second-order valence-electron chi connectivity index (χ2n) is 6.83. The van der Waals surface area contributed by atoms with Gasteiger partial charge in [-0.05, 0) is 43.5 Å². The lowest BCUT2D eigenvalue weighted by molar-refractivity contribution is -0.120. The maximum absolute atomic E-state index is 13.3. The fraction of sp³-hybridized carbons (Fsp3) is 0.238. The van der Waals surface area contributed by atoms with Crippen molar-refractivity contribution in [2.45, 2.75) is 19.8 Å². The Labute approximate surface area is 168 Å². The Morgan fingerprint density at radius 2 is 1.52 bits per heavy atom. The smallest absolute Gasteiger partial charge is 0.282 e. The second kappa shape index (κ2) is 7.02. The molecule has 0 saturated carbocycles. The van der Waals surface area contributed by atoms with Crippen molar-refractivity contribution >= 4 is 46.3 Å². The predicted molar refractivity (Wildman–Crippen MR) is 108 cm³/mol. The third kappa shape index (κ3) is 3.13. The lowest BCUT2D eigenvalue weighted by Crippen LogP contribution is -2.34. The van der Waals surface area contributed by atoms with Gasteiger partial charge in [0.15, 0.2) is 0 Å². The number of hydrogen-bond acceptors (Lipinski definition) is 3. The minimum absolute atomic E-state index is 0.307. The van der Waals surface area contributed by atoms with Crippen molar-refractivity contribution in [3.63, 3.8) is 0 Å². The van der Waals surface area contributed by atoms with E-state index in [4.69, 9.17) is 23.2 Å². The fourth-order valence-electron chi connectivity index (χ4n) is 3.59. The molecule has 1 fully saturated rings. The van der Waals surface area contributed by atoms with Crippen LogP contribution in [0.25, 0.3) is 5.57 Å². The molecule has 0 atom stereocenters. The average molecular weight is 401 g/mol. The number of rotatable bonds is 3. The maximum Gasteiger partial charge on any atom is 0.282 e. The monoisotopic (exact) mass is 400 g/mol. The van der Waals surface area contributed by atoms with Gasteiger partial charge in [0, 0.05) is 13.1 Å². The summed E-state index contributed by atoms with van der Waals surface area (Å²) in [5.41, 5.74) is 3.21. The summed E-state index contributed by atoms with van der Waals surface area (Å²) in [5, 5.41) is 0.687. The quantitative estimate of drug-likeness (QED) is 0.702. The summed E-state index contributed by atoms with van der Waals surface area (Å²) < 4.78 is 0. The van der Waals surface area contributed by atoms with Gasteiger partial charge in [-0.25, -0.2) is 4.90 Å². The van der Waals surface area contributed by atoms with Crippen LogP contribution in [0.2, 0.25) is 10.0 Å². The first-order valence-electron chi connectivity index (χ1n) is 8.87. The molecule has 4 nitrogen and oxygen atoms in total. The van der Waals surface area contributed by atoms with E-state index in [1.54, 1.807) is 18.2 Å². The van der Waals surface area contributed by atoms with Crippen LogP contribution in [0.5, 0.6) is 0 Å². The van der Waals surface area contributed by atoms with Gasteiger partial charge >= 0.3 is 0 Å². The lowest BCUT2D eigenvalue weighted by atomic mass is 10.0. The highest BCUT2D eigenvalue weighted by atomic mass is 35.5. The largest absolute Gasteiger partial charge is 0.366 e. The molecule has 2 aliphatic rings. The molecule has 0 N–H and O–H groups in total. The summed E-state index contributed by atoms with van der Waals surface area (Å²) in [7, 11) is 0. The van der Waals surface area contributed by atoms with Crippen molar-refractivity contribution in [2.75, 3.05) is 18.0 Å². The Morgan fingerprint density at radius 3 is 2.15 bits per heavy atom. The van der Waals surface area contributed by atoms with Gasteiger partial charge in [-0.3, -0.25) is 9.59 Å². The summed E-state index contributed by atoms with van der Waals surface area (Å²) in [5.74, 6) is -0.639. The number of benzene rings is 2. The molecule has 0 bridgehead atoms. The molecule has 0 unspecified atom stereocenters. The van der Waals surface area contributed by atoms with Gasteiger partial charge < -0.3 is 4.90 Å². The molecule has 1 saturated heterocycles. The molecular formula is C21H18Cl2N2O2. The van der Waals surface area contributed by atoms with Gasteiger partial charge in [-0.15, -0.1) is 0 Å².